The lowest BCUT2D eigenvalue weighted by Crippen LogP contribution is -2.57. The number of aliphatic hydroxyl groups is 1. The van der Waals surface area contributed by atoms with Gasteiger partial charge in [0.2, 0.25) is 15.9 Å². The van der Waals surface area contributed by atoms with E-state index in [-0.39, 0.29) is 47.8 Å². The molecule has 1 fully saturated rings. The first kappa shape index (κ1) is 36.0. The molecule has 1 aromatic heterocycles. The molecule has 3 atom stereocenters. The summed E-state index contributed by atoms with van der Waals surface area (Å²) in [5.74, 6) is -0.751. The summed E-state index contributed by atoms with van der Waals surface area (Å²) >= 11 is 1.52. The predicted octanol–water partition coefficient (Wildman–Crippen LogP) is 4.02. The fourth-order valence-electron chi connectivity index (χ4n) is 5.84. The second-order valence-electron chi connectivity index (χ2n) is 12.6. The molecule has 0 spiro atoms. The molecule has 11 nitrogen and oxygen atoms in total. The number of hydrogen-bond donors (Lipinski definition) is 2. The summed E-state index contributed by atoms with van der Waals surface area (Å²) in [6.45, 7) is 10.3. The van der Waals surface area contributed by atoms with E-state index in [1.165, 1.54) is 27.8 Å². The largest absolute Gasteiger partial charge is 0.390 e. The van der Waals surface area contributed by atoms with Crippen LogP contribution in [-0.2, 0) is 27.8 Å². The zero-order valence-corrected chi connectivity index (χ0v) is 29.2. The summed E-state index contributed by atoms with van der Waals surface area (Å²) in [7, 11) is -4.17. The van der Waals surface area contributed by atoms with Crippen LogP contribution in [0.2, 0.25) is 0 Å². The Balaban J connectivity index is 1.59. The average molecular weight is 681 g/mol. The monoisotopic (exact) mass is 680 g/mol. The van der Waals surface area contributed by atoms with E-state index in [1.54, 1.807) is 21.9 Å². The van der Waals surface area contributed by atoms with E-state index < -0.39 is 34.1 Å². The molecule has 2 aromatic carbocycles. The molecule has 0 saturated carbocycles. The van der Waals surface area contributed by atoms with Crippen LogP contribution in [0.5, 0.6) is 0 Å². The molecule has 0 aliphatic carbocycles. The molecule has 252 valence electrons. The van der Waals surface area contributed by atoms with Gasteiger partial charge in [0.15, 0.2) is 0 Å². The number of rotatable bonds is 15. The minimum Gasteiger partial charge on any atom is -0.390 e. The zero-order valence-electron chi connectivity index (χ0n) is 27.5. The highest BCUT2D eigenvalue weighted by Gasteiger charge is 2.40. The Morgan fingerprint density at radius 2 is 1.77 bits per heavy atom. The molecule has 4 rings (SSSR count). The van der Waals surface area contributed by atoms with Gasteiger partial charge in [0.05, 0.1) is 39.9 Å². The number of sulfonamides is 1. The number of carbonyl (C=O) groups is 2. The second kappa shape index (κ2) is 15.8. The van der Waals surface area contributed by atoms with E-state index in [0.29, 0.717) is 19.6 Å². The summed E-state index contributed by atoms with van der Waals surface area (Å²) in [6, 6.07) is 15.3. The molecule has 1 saturated heterocycles. The fourth-order valence-corrected chi connectivity index (χ4v) is 8.21. The van der Waals surface area contributed by atoms with Crippen molar-refractivity contribution >= 4 is 33.3 Å². The van der Waals surface area contributed by atoms with Gasteiger partial charge >= 0.3 is 6.03 Å². The van der Waals surface area contributed by atoms with Crippen LogP contribution < -0.4 is 5.32 Å². The molecule has 47 heavy (non-hydrogen) atoms. The van der Waals surface area contributed by atoms with Crippen LogP contribution in [-0.4, -0.2) is 88.9 Å². The number of aromatic nitrogens is 1. The van der Waals surface area contributed by atoms with Crippen LogP contribution in [0, 0.1) is 30.1 Å². The quantitative estimate of drug-likeness (QED) is 0.247. The molecule has 13 heteroatoms. The second-order valence-corrected chi connectivity index (χ2v) is 15.6. The highest BCUT2D eigenvalue weighted by molar-refractivity contribution is 7.89. The summed E-state index contributed by atoms with van der Waals surface area (Å²) in [4.78, 5) is 35.2. The number of amides is 3. The summed E-state index contributed by atoms with van der Waals surface area (Å²) in [5, 5.41) is 27.2. The summed E-state index contributed by atoms with van der Waals surface area (Å²) < 4.78 is 28.9. The van der Waals surface area contributed by atoms with Gasteiger partial charge in [-0.05, 0) is 42.9 Å². The van der Waals surface area contributed by atoms with Crippen molar-refractivity contribution in [3.8, 4) is 6.07 Å². The minimum absolute atomic E-state index is 0.0129. The van der Waals surface area contributed by atoms with E-state index in [0.717, 1.165) is 16.3 Å². The fraction of sp³-hybridized carbons (Fsp3) is 0.471. The highest BCUT2D eigenvalue weighted by Crippen LogP contribution is 2.24. The van der Waals surface area contributed by atoms with Crippen molar-refractivity contribution in [2.75, 3.05) is 26.2 Å². The van der Waals surface area contributed by atoms with Gasteiger partial charge in [-0.15, -0.1) is 11.3 Å². The summed E-state index contributed by atoms with van der Waals surface area (Å²) in [6.07, 6.45) is -1.08. The molecule has 2 heterocycles. The highest BCUT2D eigenvalue weighted by atomic mass is 32.2. The van der Waals surface area contributed by atoms with Crippen molar-refractivity contribution < 1.29 is 23.1 Å². The number of nitriles is 1. The molecular formula is C34H44N6O5S2. The zero-order chi connectivity index (χ0) is 34.3. The molecule has 2 N–H and O–H groups in total. The number of nitrogens with one attached hydrogen (secondary N) is 1. The van der Waals surface area contributed by atoms with Crippen molar-refractivity contribution in [3.05, 3.63) is 81.8 Å². The summed E-state index contributed by atoms with van der Waals surface area (Å²) in [5.41, 5.74) is 1.66. The molecule has 1 aliphatic rings. The Kier molecular flexibility index (Phi) is 12.1. The number of carbonyl (C=O) groups excluding carboxylic acids is 2. The number of nitrogens with zero attached hydrogens (tertiary/aromatic N) is 5. The normalized spacial score (nSPS) is 15.7. The lowest BCUT2D eigenvalue weighted by molar-refractivity contribution is -0.128. The molecule has 0 bridgehead atoms. The topological polar surface area (TPSA) is 147 Å². The third-order valence-electron chi connectivity index (χ3n) is 8.06. The van der Waals surface area contributed by atoms with Crippen molar-refractivity contribution in [2.45, 2.75) is 70.7 Å². The van der Waals surface area contributed by atoms with Gasteiger partial charge in [-0.1, -0.05) is 70.2 Å². The number of aryl methyl sites for hydroxylation is 1. The van der Waals surface area contributed by atoms with Crippen molar-refractivity contribution in [1.29, 1.82) is 5.26 Å². The Bertz CT molecular complexity index is 1670. The van der Waals surface area contributed by atoms with E-state index >= 15 is 0 Å². The first-order valence-corrected chi connectivity index (χ1v) is 18.1. The van der Waals surface area contributed by atoms with E-state index in [4.69, 9.17) is 0 Å². The van der Waals surface area contributed by atoms with E-state index in [2.05, 4.69) is 10.3 Å². The van der Waals surface area contributed by atoms with Gasteiger partial charge < -0.3 is 20.2 Å². The first-order chi connectivity index (χ1) is 22.3. The Morgan fingerprint density at radius 3 is 2.38 bits per heavy atom. The molecule has 0 radical (unpaired) electrons. The Morgan fingerprint density at radius 1 is 1.09 bits per heavy atom. The number of urea groups is 1. The SMILES string of the molecule is Cc1nc(CN2CCN([C@H](C(=O)N[C@@H](Cc3ccccc3)[C@H](O)CN(CC(C)C)S(=O)(=O)c3ccccc3C#N)C(C)C)C2=O)cs1. The number of hydrogen-bond acceptors (Lipinski definition) is 8. The van der Waals surface area contributed by atoms with Gasteiger partial charge in [-0.2, -0.15) is 9.57 Å². The van der Waals surface area contributed by atoms with Crippen molar-refractivity contribution in [2.24, 2.45) is 11.8 Å². The van der Waals surface area contributed by atoms with Crippen LogP contribution in [0.4, 0.5) is 4.79 Å². The third-order valence-corrected chi connectivity index (χ3v) is 10.8. The number of aliphatic hydroxyl groups excluding tert-OH is 1. The van der Waals surface area contributed by atoms with Gasteiger partial charge in [-0.25, -0.2) is 18.2 Å². The van der Waals surface area contributed by atoms with Crippen LogP contribution in [0.25, 0.3) is 0 Å². The Labute approximate surface area is 281 Å². The molecule has 3 aromatic rings. The van der Waals surface area contributed by atoms with Gasteiger partial charge in [-0.3, -0.25) is 4.79 Å². The average Bonchev–Trinajstić information content (AvgIpc) is 3.60. The predicted molar refractivity (Wildman–Crippen MR) is 181 cm³/mol. The van der Waals surface area contributed by atoms with E-state index in [1.807, 2.05) is 76.4 Å². The molecule has 1 aliphatic heterocycles. The Hall–Kier alpha value is -3.83. The maximum absolute atomic E-state index is 14.0. The van der Waals surface area contributed by atoms with Crippen LogP contribution in [0.1, 0.15) is 49.5 Å². The standard InChI is InChI=1S/C34H44N6O5S2/c1-23(2)19-39(47(44,45)31-14-10-9-13-27(31)18-35)21-30(41)29(17-26-11-7-6-8-12-26)37-33(42)32(24(3)4)40-16-15-38(34(40)43)20-28-22-46-25(5)36-28/h6-14,22-24,29-30,32,41H,15-17,19-21H2,1-5H3,(H,37,42)/t29-,30+,32-/m0/s1. The van der Waals surface area contributed by atoms with Gasteiger partial charge in [0, 0.05) is 31.6 Å². The molecule has 0 unspecified atom stereocenters. The van der Waals surface area contributed by atoms with Gasteiger partial charge in [0.25, 0.3) is 0 Å². The lowest BCUT2D eigenvalue weighted by atomic mass is 9.97. The van der Waals surface area contributed by atoms with Crippen molar-refractivity contribution in [3.63, 3.8) is 0 Å². The van der Waals surface area contributed by atoms with E-state index in [9.17, 15) is 28.4 Å². The van der Waals surface area contributed by atoms with Crippen LogP contribution in [0.15, 0.2) is 64.9 Å². The van der Waals surface area contributed by atoms with Crippen LogP contribution in [0.3, 0.4) is 0 Å². The maximum Gasteiger partial charge on any atom is 0.321 e. The number of benzene rings is 2. The van der Waals surface area contributed by atoms with Crippen LogP contribution >= 0.6 is 11.3 Å². The number of thiazole rings is 1. The maximum atomic E-state index is 14.0. The smallest absolute Gasteiger partial charge is 0.321 e. The lowest BCUT2D eigenvalue weighted by Gasteiger charge is -2.34. The molecular weight excluding hydrogens is 637 g/mol. The first-order valence-electron chi connectivity index (χ1n) is 15.8. The minimum atomic E-state index is -4.17. The third kappa shape index (κ3) is 8.96. The van der Waals surface area contributed by atoms with Crippen molar-refractivity contribution in [1.82, 2.24) is 24.4 Å². The van der Waals surface area contributed by atoms with Gasteiger partial charge in [0.1, 0.15) is 12.1 Å². The molecule has 3 amide bonds.